The van der Waals surface area contributed by atoms with Gasteiger partial charge in [-0.1, -0.05) is 54.1 Å². The molecule has 0 heterocycles. The average Bonchev–Trinajstić information content (AvgIpc) is 2.89. The van der Waals surface area contributed by atoms with Gasteiger partial charge in [0.25, 0.3) is 10.0 Å². The Kier molecular flexibility index (Phi) is 9.63. The van der Waals surface area contributed by atoms with E-state index >= 15 is 0 Å². The molecule has 1 atom stereocenters. The van der Waals surface area contributed by atoms with Crippen LogP contribution in [0.15, 0.2) is 83.8 Å². The number of nitrogens with one attached hydrogen (secondary N) is 1. The first-order valence-corrected chi connectivity index (χ1v) is 14.2. The van der Waals surface area contributed by atoms with Crippen LogP contribution >= 0.6 is 11.6 Å². The Morgan fingerprint density at radius 3 is 2.23 bits per heavy atom. The smallest absolute Gasteiger partial charge is 0.264 e. The quantitative estimate of drug-likeness (QED) is 0.374. The van der Waals surface area contributed by atoms with E-state index in [0.717, 1.165) is 4.31 Å². The Morgan fingerprint density at radius 2 is 1.62 bits per heavy atom. The molecule has 0 bridgehead atoms. The first kappa shape index (κ1) is 30.0. The third-order valence-corrected chi connectivity index (χ3v) is 7.88. The molecular formula is C29H34ClN3O5S. The highest BCUT2D eigenvalue weighted by molar-refractivity contribution is 7.92. The molecule has 0 saturated heterocycles. The molecule has 208 valence electrons. The Hall–Kier alpha value is -3.56. The van der Waals surface area contributed by atoms with Crippen molar-refractivity contribution in [2.75, 3.05) is 18.0 Å². The van der Waals surface area contributed by atoms with Gasteiger partial charge < -0.3 is 15.0 Å². The predicted molar refractivity (Wildman–Crippen MR) is 153 cm³/mol. The third kappa shape index (κ3) is 7.74. The summed E-state index contributed by atoms with van der Waals surface area (Å²) in [5.74, 6) is -0.658. The molecule has 0 aliphatic rings. The van der Waals surface area contributed by atoms with E-state index in [1.54, 1.807) is 73.7 Å². The Labute approximate surface area is 235 Å². The molecule has 0 radical (unpaired) electrons. The van der Waals surface area contributed by atoms with Crippen LogP contribution in [0.3, 0.4) is 0 Å². The molecule has 39 heavy (non-hydrogen) atoms. The van der Waals surface area contributed by atoms with Crippen molar-refractivity contribution < 1.29 is 22.7 Å². The lowest BCUT2D eigenvalue weighted by atomic mass is 10.1. The lowest BCUT2D eigenvalue weighted by Gasteiger charge is -2.33. The van der Waals surface area contributed by atoms with Crippen molar-refractivity contribution in [1.82, 2.24) is 10.2 Å². The van der Waals surface area contributed by atoms with Gasteiger partial charge in [0.1, 0.15) is 18.3 Å². The number of ether oxygens (including phenoxy) is 1. The zero-order valence-electron chi connectivity index (χ0n) is 22.7. The van der Waals surface area contributed by atoms with Crippen molar-refractivity contribution >= 4 is 39.1 Å². The maximum Gasteiger partial charge on any atom is 0.264 e. The van der Waals surface area contributed by atoms with Gasteiger partial charge in [-0.25, -0.2) is 8.42 Å². The van der Waals surface area contributed by atoms with Crippen LogP contribution < -0.4 is 14.4 Å². The minimum Gasteiger partial charge on any atom is -0.495 e. The van der Waals surface area contributed by atoms with Crippen LogP contribution in [0.5, 0.6) is 5.75 Å². The molecule has 3 aromatic carbocycles. The molecule has 0 spiro atoms. The van der Waals surface area contributed by atoms with Gasteiger partial charge in [0.15, 0.2) is 0 Å². The topological polar surface area (TPSA) is 96.0 Å². The lowest BCUT2D eigenvalue weighted by Crippen LogP contribution is -2.54. The SMILES string of the molecule is COc1ccccc1N(CC(=O)N(Cc1cccc(Cl)c1)[C@@H](C)C(=O)NC(C)(C)C)S(=O)(=O)c1ccccc1. The fraction of sp³-hybridized carbons (Fsp3) is 0.310. The zero-order chi connectivity index (χ0) is 28.8. The van der Waals surface area contributed by atoms with Crippen molar-refractivity contribution in [3.63, 3.8) is 0 Å². The number of anilines is 1. The van der Waals surface area contributed by atoms with Crippen LogP contribution in [0.1, 0.15) is 33.3 Å². The standard InChI is InChI=1S/C29H34ClN3O5S/c1-21(28(35)31-29(2,3)4)32(19-22-12-11-13-23(30)18-22)27(34)20-33(25-16-9-10-17-26(25)38-5)39(36,37)24-14-7-6-8-15-24/h6-18,21H,19-20H2,1-5H3,(H,31,35)/t21-/m0/s1. The number of carbonyl (C=O) groups excluding carboxylic acids is 2. The Morgan fingerprint density at radius 1 is 0.974 bits per heavy atom. The highest BCUT2D eigenvalue weighted by Gasteiger charge is 2.34. The van der Waals surface area contributed by atoms with Crippen LogP contribution in [0.25, 0.3) is 0 Å². The average molecular weight is 572 g/mol. The van der Waals surface area contributed by atoms with E-state index < -0.39 is 34.1 Å². The summed E-state index contributed by atoms with van der Waals surface area (Å²) in [5.41, 5.74) is 0.364. The lowest BCUT2D eigenvalue weighted by molar-refractivity contribution is -0.140. The van der Waals surface area contributed by atoms with Crippen LogP contribution in [0, 0.1) is 0 Å². The summed E-state index contributed by atoms with van der Waals surface area (Å²) in [4.78, 5) is 28.5. The Balaban J connectivity index is 2.07. The number of halogens is 1. The number of carbonyl (C=O) groups is 2. The minimum absolute atomic E-state index is 0.0172. The van der Waals surface area contributed by atoms with Gasteiger partial charge in [0.05, 0.1) is 17.7 Å². The molecule has 0 fully saturated rings. The van der Waals surface area contributed by atoms with Crippen molar-refractivity contribution in [3.05, 3.63) is 89.4 Å². The summed E-state index contributed by atoms with van der Waals surface area (Å²) in [6.45, 7) is 6.63. The van der Waals surface area contributed by atoms with E-state index in [0.29, 0.717) is 10.6 Å². The summed E-state index contributed by atoms with van der Waals surface area (Å²) in [6.07, 6.45) is 0. The summed E-state index contributed by atoms with van der Waals surface area (Å²) in [6, 6.07) is 20.5. The van der Waals surface area contributed by atoms with Gasteiger partial charge in [0.2, 0.25) is 11.8 Å². The number of methoxy groups -OCH3 is 1. The van der Waals surface area contributed by atoms with Gasteiger partial charge in [-0.3, -0.25) is 13.9 Å². The fourth-order valence-corrected chi connectivity index (χ4v) is 5.62. The van der Waals surface area contributed by atoms with Crippen molar-refractivity contribution in [2.24, 2.45) is 0 Å². The van der Waals surface area contributed by atoms with Crippen LogP contribution in [0.4, 0.5) is 5.69 Å². The number of rotatable bonds is 10. The first-order chi connectivity index (χ1) is 18.3. The molecule has 3 aromatic rings. The largest absolute Gasteiger partial charge is 0.495 e. The molecule has 2 amide bonds. The molecule has 0 aliphatic heterocycles. The third-order valence-electron chi connectivity index (χ3n) is 5.87. The van der Waals surface area contributed by atoms with E-state index in [1.807, 2.05) is 20.8 Å². The molecule has 8 nitrogen and oxygen atoms in total. The molecule has 1 N–H and O–H groups in total. The van der Waals surface area contributed by atoms with Crippen LogP contribution in [-0.4, -0.2) is 50.4 Å². The van der Waals surface area contributed by atoms with Crippen LogP contribution in [-0.2, 0) is 26.2 Å². The highest BCUT2D eigenvalue weighted by Crippen LogP contribution is 2.32. The number of benzene rings is 3. The molecule has 10 heteroatoms. The second-order valence-corrected chi connectivity index (χ2v) is 12.4. The van der Waals surface area contributed by atoms with E-state index in [1.165, 1.54) is 24.1 Å². The molecular weight excluding hydrogens is 538 g/mol. The van der Waals surface area contributed by atoms with Gasteiger partial charge in [0, 0.05) is 17.1 Å². The predicted octanol–water partition coefficient (Wildman–Crippen LogP) is 4.88. The molecule has 0 aliphatic carbocycles. The van der Waals surface area contributed by atoms with Gasteiger partial charge in [-0.05, 0) is 69.7 Å². The zero-order valence-corrected chi connectivity index (χ0v) is 24.3. The van der Waals surface area contributed by atoms with Gasteiger partial charge in [-0.15, -0.1) is 0 Å². The molecule has 3 rings (SSSR count). The summed E-state index contributed by atoms with van der Waals surface area (Å²) < 4.78 is 34.2. The van der Waals surface area contributed by atoms with Crippen molar-refractivity contribution in [1.29, 1.82) is 0 Å². The second-order valence-electron chi connectivity index (χ2n) is 10.1. The minimum atomic E-state index is -4.19. The number of amides is 2. The molecule has 0 aromatic heterocycles. The van der Waals surface area contributed by atoms with Crippen molar-refractivity contribution in [3.8, 4) is 5.75 Å². The number of nitrogens with zero attached hydrogens (tertiary/aromatic N) is 2. The maximum absolute atomic E-state index is 14.0. The summed E-state index contributed by atoms with van der Waals surface area (Å²) in [5, 5.41) is 3.38. The normalized spacial score (nSPS) is 12.4. The van der Waals surface area contributed by atoms with E-state index in [-0.39, 0.29) is 28.8 Å². The summed E-state index contributed by atoms with van der Waals surface area (Å²) in [7, 11) is -2.76. The molecule has 0 saturated carbocycles. The van der Waals surface area contributed by atoms with Gasteiger partial charge in [-0.2, -0.15) is 0 Å². The van der Waals surface area contributed by atoms with Crippen molar-refractivity contribution in [2.45, 2.75) is 50.7 Å². The van der Waals surface area contributed by atoms with Gasteiger partial charge >= 0.3 is 0 Å². The number of para-hydroxylation sites is 2. The number of hydrogen-bond donors (Lipinski definition) is 1. The Bertz CT molecular complexity index is 1410. The molecule has 0 unspecified atom stereocenters. The first-order valence-electron chi connectivity index (χ1n) is 12.4. The second kappa shape index (κ2) is 12.5. The number of hydrogen-bond acceptors (Lipinski definition) is 5. The highest BCUT2D eigenvalue weighted by atomic mass is 35.5. The monoisotopic (exact) mass is 571 g/mol. The maximum atomic E-state index is 14.0. The fourth-order valence-electron chi connectivity index (χ4n) is 3.96. The van der Waals surface area contributed by atoms with E-state index in [9.17, 15) is 18.0 Å². The van der Waals surface area contributed by atoms with E-state index in [4.69, 9.17) is 16.3 Å². The van der Waals surface area contributed by atoms with Crippen LogP contribution in [0.2, 0.25) is 5.02 Å². The summed E-state index contributed by atoms with van der Waals surface area (Å²) >= 11 is 6.18. The van der Waals surface area contributed by atoms with E-state index in [2.05, 4.69) is 5.32 Å². The number of sulfonamides is 1.